The van der Waals surface area contributed by atoms with E-state index in [9.17, 15) is 8.42 Å². The maximum atomic E-state index is 11.1. The van der Waals surface area contributed by atoms with Gasteiger partial charge in [0.2, 0.25) is 0 Å². The fraction of sp³-hybridized carbons (Fsp3) is 0.875. The average molecular weight is 189 g/mol. The molecule has 1 heterocycles. The molecule has 12 heavy (non-hydrogen) atoms. The molecule has 70 valence electrons. The molecule has 0 aromatic heterocycles. The number of aliphatic imine (C=N–C) groups is 1. The molecule has 0 radical (unpaired) electrons. The van der Waals surface area contributed by atoms with Crippen molar-refractivity contribution in [3.63, 3.8) is 0 Å². The monoisotopic (exact) mass is 189 g/mol. The van der Waals surface area contributed by atoms with Crippen molar-refractivity contribution in [2.45, 2.75) is 32.2 Å². The van der Waals surface area contributed by atoms with Crippen LogP contribution in [-0.4, -0.2) is 31.7 Å². The van der Waals surface area contributed by atoms with Crippen LogP contribution in [0.1, 0.15) is 26.7 Å². The molecule has 0 unspecified atom stereocenters. The van der Waals surface area contributed by atoms with Crippen LogP contribution in [0.3, 0.4) is 0 Å². The first kappa shape index (κ1) is 9.71. The molecule has 1 rings (SSSR count). The van der Waals surface area contributed by atoms with Crippen molar-refractivity contribution in [2.75, 3.05) is 11.5 Å². The molecular formula is C8H15NO2S. The van der Waals surface area contributed by atoms with Gasteiger partial charge in [-0.3, -0.25) is 4.99 Å². The van der Waals surface area contributed by atoms with E-state index in [1.807, 2.05) is 13.8 Å². The normalized spacial score (nSPS) is 34.5. The molecule has 1 saturated heterocycles. The maximum absolute atomic E-state index is 11.1. The van der Waals surface area contributed by atoms with E-state index in [0.717, 1.165) is 6.42 Å². The Hall–Kier alpha value is -0.380. The summed E-state index contributed by atoms with van der Waals surface area (Å²) in [6.45, 7) is 3.90. The Bertz CT molecular complexity index is 281. The lowest BCUT2D eigenvalue weighted by molar-refractivity contribution is 0.535. The quantitative estimate of drug-likeness (QED) is 0.609. The van der Waals surface area contributed by atoms with Crippen molar-refractivity contribution < 1.29 is 8.42 Å². The molecule has 0 saturated carbocycles. The molecule has 0 aromatic rings. The van der Waals surface area contributed by atoms with Crippen LogP contribution in [0.15, 0.2) is 4.99 Å². The van der Waals surface area contributed by atoms with Gasteiger partial charge in [0.15, 0.2) is 9.84 Å². The van der Waals surface area contributed by atoms with Crippen LogP contribution >= 0.6 is 0 Å². The van der Waals surface area contributed by atoms with Crippen molar-refractivity contribution in [2.24, 2.45) is 4.99 Å². The third kappa shape index (κ3) is 2.30. The predicted molar refractivity (Wildman–Crippen MR) is 50.5 cm³/mol. The van der Waals surface area contributed by atoms with Gasteiger partial charge in [-0.2, -0.15) is 0 Å². The second-order valence-electron chi connectivity index (χ2n) is 3.56. The first-order chi connectivity index (χ1) is 5.47. The van der Waals surface area contributed by atoms with Gasteiger partial charge >= 0.3 is 0 Å². The van der Waals surface area contributed by atoms with Crippen LogP contribution in [0.25, 0.3) is 0 Å². The molecule has 0 aromatic carbocycles. The fourth-order valence-corrected chi connectivity index (χ4v) is 3.47. The van der Waals surface area contributed by atoms with E-state index in [4.69, 9.17) is 0 Å². The van der Waals surface area contributed by atoms with Gasteiger partial charge in [0.25, 0.3) is 0 Å². The van der Waals surface area contributed by atoms with E-state index in [0.29, 0.717) is 12.2 Å². The Labute approximate surface area is 73.8 Å². The Morgan fingerprint density at radius 2 is 2.25 bits per heavy atom. The van der Waals surface area contributed by atoms with Gasteiger partial charge in [-0.25, -0.2) is 8.42 Å². The SMILES string of the molecule is CCC=N[C@]1(C)CCS(=O)(=O)C1. The Kier molecular flexibility index (Phi) is 2.56. The van der Waals surface area contributed by atoms with Crippen LogP contribution in [0.5, 0.6) is 0 Å². The van der Waals surface area contributed by atoms with Gasteiger partial charge in [-0.05, 0) is 26.0 Å². The number of nitrogens with zero attached hydrogens (tertiary/aromatic N) is 1. The largest absolute Gasteiger partial charge is 0.290 e. The van der Waals surface area contributed by atoms with E-state index in [-0.39, 0.29) is 11.3 Å². The molecule has 1 atom stereocenters. The van der Waals surface area contributed by atoms with Crippen LogP contribution in [0.4, 0.5) is 0 Å². The minimum absolute atomic E-state index is 0.219. The summed E-state index contributed by atoms with van der Waals surface area (Å²) in [4.78, 5) is 4.27. The highest BCUT2D eigenvalue weighted by atomic mass is 32.2. The molecule has 4 heteroatoms. The zero-order valence-corrected chi connectivity index (χ0v) is 8.39. The lowest BCUT2D eigenvalue weighted by Gasteiger charge is -2.14. The highest BCUT2D eigenvalue weighted by Crippen LogP contribution is 2.26. The lowest BCUT2D eigenvalue weighted by Crippen LogP contribution is -2.23. The van der Waals surface area contributed by atoms with Crippen LogP contribution in [0, 0.1) is 0 Å². The van der Waals surface area contributed by atoms with Crippen LogP contribution < -0.4 is 0 Å². The molecule has 1 fully saturated rings. The Balaban J connectivity index is 2.71. The minimum atomic E-state index is -2.80. The average Bonchev–Trinajstić information content (AvgIpc) is 2.23. The van der Waals surface area contributed by atoms with E-state index in [1.165, 1.54) is 0 Å². The fourth-order valence-electron chi connectivity index (χ4n) is 1.41. The number of hydrogen-bond acceptors (Lipinski definition) is 3. The second kappa shape index (κ2) is 3.17. The highest BCUT2D eigenvalue weighted by Gasteiger charge is 2.37. The number of sulfone groups is 1. The summed E-state index contributed by atoms with van der Waals surface area (Å²) >= 11 is 0. The Morgan fingerprint density at radius 1 is 1.58 bits per heavy atom. The molecule has 0 aliphatic carbocycles. The highest BCUT2D eigenvalue weighted by molar-refractivity contribution is 7.91. The predicted octanol–water partition coefficient (Wildman–Crippen LogP) is 1.04. The molecular weight excluding hydrogens is 174 g/mol. The van der Waals surface area contributed by atoms with E-state index in [1.54, 1.807) is 6.21 Å². The summed E-state index contributed by atoms with van der Waals surface area (Å²) in [6.07, 6.45) is 3.35. The summed E-state index contributed by atoms with van der Waals surface area (Å²) in [7, 11) is -2.80. The first-order valence-electron chi connectivity index (χ1n) is 4.21. The Morgan fingerprint density at radius 3 is 2.67 bits per heavy atom. The molecule has 3 nitrogen and oxygen atoms in total. The molecule has 1 aliphatic heterocycles. The van der Waals surface area contributed by atoms with Crippen LogP contribution in [0.2, 0.25) is 0 Å². The van der Waals surface area contributed by atoms with Gasteiger partial charge < -0.3 is 0 Å². The van der Waals surface area contributed by atoms with E-state index in [2.05, 4.69) is 4.99 Å². The molecule has 0 N–H and O–H groups in total. The van der Waals surface area contributed by atoms with Gasteiger partial charge in [0, 0.05) is 0 Å². The zero-order valence-electron chi connectivity index (χ0n) is 7.58. The second-order valence-corrected chi connectivity index (χ2v) is 5.74. The van der Waals surface area contributed by atoms with Crippen LogP contribution in [-0.2, 0) is 9.84 Å². The van der Waals surface area contributed by atoms with Crippen molar-refractivity contribution in [3.05, 3.63) is 0 Å². The number of rotatable bonds is 2. The molecule has 0 bridgehead atoms. The zero-order chi connectivity index (χ0) is 9.24. The third-order valence-corrected chi connectivity index (χ3v) is 3.96. The van der Waals surface area contributed by atoms with Crippen molar-refractivity contribution in [1.29, 1.82) is 0 Å². The van der Waals surface area contributed by atoms with Crippen molar-refractivity contribution in [3.8, 4) is 0 Å². The third-order valence-electron chi connectivity index (χ3n) is 2.07. The van der Waals surface area contributed by atoms with Gasteiger partial charge in [0.1, 0.15) is 0 Å². The summed E-state index contributed by atoms with van der Waals surface area (Å²) in [6, 6.07) is 0. The van der Waals surface area contributed by atoms with Gasteiger partial charge in [-0.1, -0.05) is 6.92 Å². The lowest BCUT2D eigenvalue weighted by atomic mass is 10.0. The number of hydrogen-bond donors (Lipinski definition) is 0. The summed E-state index contributed by atoms with van der Waals surface area (Å²) in [5.41, 5.74) is -0.338. The van der Waals surface area contributed by atoms with Gasteiger partial charge in [0.05, 0.1) is 17.0 Å². The molecule has 1 aliphatic rings. The van der Waals surface area contributed by atoms with Crippen molar-refractivity contribution >= 4 is 16.1 Å². The topological polar surface area (TPSA) is 46.5 Å². The molecule has 0 spiro atoms. The maximum Gasteiger partial charge on any atom is 0.152 e. The minimum Gasteiger partial charge on any atom is -0.290 e. The smallest absolute Gasteiger partial charge is 0.152 e. The molecule has 0 amide bonds. The van der Waals surface area contributed by atoms with Crippen molar-refractivity contribution in [1.82, 2.24) is 0 Å². The summed E-state index contributed by atoms with van der Waals surface area (Å²) < 4.78 is 22.3. The van der Waals surface area contributed by atoms with E-state index >= 15 is 0 Å². The standard InChI is InChI=1S/C8H15NO2S/c1-3-5-9-8(2)4-6-12(10,11)7-8/h5H,3-4,6-7H2,1-2H3/t8-/m1/s1. The summed E-state index contributed by atoms with van der Waals surface area (Å²) in [5.74, 6) is 0.515. The first-order valence-corrected chi connectivity index (χ1v) is 6.04. The van der Waals surface area contributed by atoms with Gasteiger partial charge in [-0.15, -0.1) is 0 Å². The summed E-state index contributed by atoms with van der Waals surface area (Å²) in [5, 5.41) is 0. The van der Waals surface area contributed by atoms with E-state index < -0.39 is 9.84 Å².